The first-order valence-electron chi connectivity index (χ1n) is 6.57. The number of nitro groups is 1. The van der Waals surface area contributed by atoms with Crippen LogP contribution in [0.5, 0.6) is 5.75 Å². The van der Waals surface area contributed by atoms with E-state index in [-0.39, 0.29) is 11.7 Å². The van der Waals surface area contributed by atoms with Crippen molar-refractivity contribution in [3.63, 3.8) is 0 Å². The fraction of sp³-hybridized carbons (Fsp3) is 0.200. The van der Waals surface area contributed by atoms with E-state index in [2.05, 4.69) is 21.2 Å². The zero-order chi connectivity index (χ0) is 14.8. The highest BCUT2D eigenvalue weighted by molar-refractivity contribution is 9.10. The van der Waals surface area contributed by atoms with E-state index in [4.69, 9.17) is 4.74 Å². The number of nitrogens with zero attached hydrogens (tertiary/aromatic N) is 1. The van der Waals surface area contributed by atoms with Crippen molar-refractivity contribution in [2.75, 3.05) is 11.9 Å². The minimum atomic E-state index is -0.405. The summed E-state index contributed by atoms with van der Waals surface area (Å²) in [6.07, 6.45) is 0.853. The van der Waals surface area contributed by atoms with E-state index in [0.717, 1.165) is 23.4 Å². The number of halogens is 1. The maximum absolute atomic E-state index is 10.8. The molecule has 0 saturated carbocycles. The highest BCUT2D eigenvalue weighted by Crippen LogP contribution is 2.35. The molecule has 0 bridgehead atoms. The van der Waals surface area contributed by atoms with Gasteiger partial charge in [0.15, 0.2) is 0 Å². The van der Waals surface area contributed by atoms with Crippen molar-refractivity contribution in [1.82, 2.24) is 0 Å². The molecule has 1 atom stereocenters. The molecule has 1 unspecified atom stereocenters. The Labute approximate surface area is 130 Å². The third-order valence-corrected chi connectivity index (χ3v) is 4.08. The number of rotatable bonds is 3. The summed E-state index contributed by atoms with van der Waals surface area (Å²) >= 11 is 3.24. The van der Waals surface area contributed by atoms with E-state index >= 15 is 0 Å². The molecule has 1 heterocycles. The average molecular weight is 349 g/mol. The summed E-state index contributed by atoms with van der Waals surface area (Å²) in [7, 11) is 0. The van der Waals surface area contributed by atoms with Crippen LogP contribution in [0.4, 0.5) is 11.4 Å². The molecule has 2 aromatic rings. The first-order valence-corrected chi connectivity index (χ1v) is 7.36. The second-order valence-corrected chi connectivity index (χ2v) is 5.65. The van der Waals surface area contributed by atoms with Gasteiger partial charge in [0.25, 0.3) is 5.69 Å². The zero-order valence-corrected chi connectivity index (χ0v) is 12.7. The fourth-order valence-electron chi connectivity index (χ4n) is 2.44. The molecule has 108 valence electrons. The van der Waals surface area contributed by atoms with Crippen LogP contribution in [0.3, 0.4) is 0 Å². The van der Waals surface area contributed by atoms with Crippen LogP contribution in [0.2, 0.25) is 0 Å². The van der Waals surface area contributed by atoms with Gasteiger partial charge in [-0.2, -0.15) is 0 Å². The summed E-state index contributed by atoms with van der Waals surface area (Å²) in [4.78, 5) is 10.4. The molecular weight excluding hydrogens is 336 g/mol. The molecule has 6 heteroatoms. The number of anilines is 1. The van der Waals surface area contributed by atoms with Crippen LogP contribution in [0.1, 0.15) is 18.0 Å². The summed E-state index contributed by atoms with van der Waals surface area (Å²) in [5.74, 6) is 0.891. The minimum absolute atomic E-state index is 0.0629. The number of fused-ring (bicyclic) bond motifs is 1. The molecule has 0 fully saturated rings. The van der Waals surface area contributed by atoms with Crippen LogP contribution in [0, 0.1) is 10.1 Å². The maximum atomic E-state index is 10.8. The lowest BCUT2D eigenvalue weighted by molar-refractivity contribution is -0.385. The standard InChI is InChI=1S/C15H13BrN2O3/c16-12-9-10(5-6-14(12)18(19)20)17-13-7-8-21-15-4-2-1-3-11(13)15/h1-6,9,13,17H,7-8H2. The Balaban J connectivity index is 1.85. The van der Waals surface area contributed by atoms with Crippen LogP contribution in [-0.2, 0) is 0 Å². The molecule has 0 aliphatic carbocycles. The maximum Gasteiger partial charge on any atom is 0.283 e. The number of ether oxygens (including phenoxy) is 1. The van der Waals surface area contributed by atoms with Gasteiger partial charge in [0, 0.05) is 23.7 Å². The fourth-order valence-corrected chi connectivity index (χ4v) is 2.96. The predicted molar refractivity (Wildman–Crippen MR) is 83.7 cm³/mol. The third kappa shape index (κ3) is 2.85. The molecule has 21 heavy (non-hydrogen) atoms. The van der Waals surface area contributed by atoms with Gasteiger partial charge in [0.1, 0.15) is 5.75 Å². The van der Waals surface area contributed by atoms with Gasteiger partial charge < -0.3 is 10.1 Å². The lowest BCUT2D eigenvalue weighted by Crippen LogP contribution is -2.20. The second-order valence-electron chi connectivity index (χ2n) is 4.80. The van der Waals surface area contributed by atoms with E-state index in [9.17, 15) is 10.1 Å². The number of hydrogen-bond donors (Lipinski definition) is 1. The summed E-state index contributed by atoms with van der Waals surface area (Å²) in [5, 5.41) is 14.2. The number of benzene rings is 2. The molecule has 0 amide bonds. The molecule has 5 nitrogen and oxygen atoms in total. The Morgan fingerprint density at radius 3 is 2.86 bits per heavy atom. The Hall–Kier alpha value is -2.08. The van der Waals surface area contributed by atoms with E-state index in [1.807, 2.05) is 24.3 Å². The smallest absolute Gasteiger partial charge is 0.283 e. The van der Waals surface area contributed by atoms with Crippen LogP contribution < -0.4 is 10.1 Å². The lowest BCUT2D eigenvalue weighted by atomic mass is 10.0. The molecule has 3 rings (SSSR count). The molecule has 1 N–H and O–H groups in total. The number of hydrogen-bond acceptors (Lipinski definition) is 4. The quantitative estimate of drug-likeness (QED) is 0.663. The first kappa shape index (κ1) is 13.9. The predicted octanol–water partition coefficient (Wildman–Crippen LogP) is 4.29. The molecular formula is C15H13BrN2O3. The van der Waals surface area contributed by atoms with Crippen LogP contribution in [-0.4, -0.2) is 11.5 Å². The summed E-state index contributed by atoms with van der Waals surface area (Å²) in [6, 6.07) is 13.0. The van der Waals surface area contributed by atoms with Crippen molar-refractivity contribution in [2.24, 2.45) is 0 Å². The summed E-state index contributed by atoms with van der Waals surface area (Å²) in [5.41, 5.74) is 2.01. The van der Waals surface area contributed by atoms with E-state index in [1.165, 1.54) is 6.07 Å². The molecule has 2 aromatic carbocycles. The molecule has 1 aliphatic heterocycles. The normalized spacial score (nSPS) is 16.7. The Bertz CT molecular complexity index is 690. The number of nitrogens with one attached hydrogen (secondary N) is 1. The van der Waals surface area contributed by atoms with Gasteiger partial charge in [-0.1, -0.05) is 18.2 Å². The Morgan fingerprint density at radius 1 is 1.29 bits per heavy atom. The van der Waals surface area contributed by atoms with E-state index in [1.54, 1.807) is 12.1 Å². The lowest BCUT2D eigenvalue weighted by Gasteiger charge is -2.27. The monoisotopic (exact) mass is 348 g/mol. The second kappa shape index (κ2) is 5.73. The molecule has 0 saturated heterocycles. The first-order chi connectivity index (χ1) is 10.1. The summed E-state index contributed by atoms with van der Waals surface area (Å²) < 4.78 is 6.10. The Morgan fingerprint density at radius 2 is 2.10 bits per heavy atom. The largest absolute Gasteiger partial charge is 0.493 e. The number of nitro benzene ring substituents is 1. The van der Waals surface area contributed by atoms with Crippen molar-refractivity contribution in [3.8, 4) is 5.75 Å². The highest BCUT2D eigenvalue weighted by atomic mass is 79.9. The van der Waals surface area contributed by atoms with Gasteiger partial charge in [-0.15, -0.1) is 0 Å². The van der Waals surface area contributed by atoms with Gasteiger partial charge in [-0.3, -0.25) is 10.1 Å². The van der Waals surface area contributed by atoms with Crippen molar-refractivity contribution < 1.29 is 9.66 Å². The van der Waals surface area contributed by atoms with Crippen molar-refractivity contribution in [1.29, 1.82) is 0 Å². The zero-order valence-electron chi connectivity index (χ0n) is 11.1. The SMILES string of the molecule is O=[N+]([O-])c1ccc(NC2CCOc3ccccc32)cc1Br. The van der Waals surface area contributed by atoms with Crippen molar-refractivity contribution in [2.45, 2.75) is 12.5 Å². The van der Waals surface area contributed by atoms with Gasteiger partial charge in [0.05, 0.1) is 22.0 Å². The van der Waals surface area contributed by atoms with Crippen molar-refractivity contribution in [3.05, 3.63) is 62.6 Å². The van der Waals surface area contributed by atoms with Gasteiger partial charge in [-0.05, 0) is 34.1 Å². The van der Waals surface area contributed by atoms with Gasteiger partial charge in [0.2, 0.25) is 0 Å². The minimum Gasteiger partial charge on any atom is -0.493 e. The molecule has 1 aliphatic rings. The molecule has 0 aromatic heterocycles. The third-order valence-electron chi connectivity index (χ3n) is 3.44. The summed E-state index contributed by atoms with van der Waals surface area (Å²) in [6.45, 7) is 0.656. The van der Waals surface area contributed by atoms with Crippen LogP contribution in [0.15, 0.2) is 46.9 Å². The van der Waals surface area contributed by atoms with Crippen LogP contribution in [0.25, 0.3) is 0 Å². The Kier molecular flexibility index (Phi) is 3.79. The van der Waals surface area contributed by atoms with Gasteiger partial charge >= 0.3 is 0 Å². The van der Waals surface area contributed by atoms with Crippen LogP contribution >= 0.6 is 15.9 Å². The number of para-hydroxylation sites is 1. The molecule has 0 spiro atoms. The van der Waals surface area contributed by atoms with E-state index in [0.29, 0.717) is 11.1 Å². The van der Waals surface area contributed by atoms with Gasteiger partial charge in [-0.25, -0.2) is 0 Å². The topological polar surface area (TPSA) is 64.4 Å². The highest BCUT2D eigenvalue weighted by Gasteiger charge is 2.21. The molecule has 0 radical (unpaired) electrons. The average Bonchev–Trinajstić information content (AvgIpc) is 2.47. The van der Waals surface area contributed by atoms with E-state index < -0.39 is 4.92 Å². The van der Waals surface area contributed by atoms with Crippen molar-refractivity contribution >= 4 is 27.3 Å².